The fraction of sp³-hybridized carbons (Fsp3) is 0.500. The number of phenols is 1. The van der Waals surface area contributed by atoms with Crippen molar-refractivity contribution in [2.45, 2.75) is 32.7 Å². The van der Waals surface area contributed by atoms with Crippen molar-refractivity contribution >= 4 is 11.6 Å². The first kappa shape index (κ1) is 12.7. The van der Waals surface area contributed by atoms with E-state index in [1.54, 1.807) is 18.2 Å². The van der Waals surface area contributed by atoms with Gasteiger partial charge in [-0.3, -0.25) is 4.79 Å². The van der Waals surface area contributed by atoms with E-state index in [4.69, 9.17) is 5.73 Å². The first-order valence-electron chi connectivity index (χ1n) is 6.39. The number of carbonyl (C=O) groups excluding carboxylic acids is 1. The summed E-state index contributed by atoms with van der Waals surface area (Å²) in [7, 11) is 0. The molecule has 1 amide bonds. The summed E-state index contributed by atoms with van der Waals surface area (Å²) in [5.74, 6) is 0.422. The number of aromatic hydroxyl groups is 1. The van der Waals surface area contributed by atoms with E-state index in [0.29, 0.717) is 11.5 Å². The summed E-state index contributed by atoms with van der Waals surface area (Å²) in [4.78, 5) is 14.2. The van der Waals surface area contributed by atoms with Crippen molar-refractivity contribution < 1.29 is 9.90 Å². The second-order valence-corrected chi connectivity index (χ2v) is 5.22. The molecule has 1 aromatic rings. The fourth-order valence-electron chi connectivity index (χ4n) is 2.60. The largest absolute Gasteiger partial charge is 0.505 e. The van der Waals surface area contributed by atoms with Crippen LogP contribution >= 0.6 is 0 Å². The first-order chi connectivity index (χ1) is 8.50. The standard InChI is InChI=1S/C14H20N2O2/c1-9-6-7-16(10(2)8-9)14(18)11-4-3-5-12(15)13(11)17/h3-5,9-10,17H,6-8,15H2,1-2H3. The molecule has 98 valence electrons. The molecular formula is C14H20N2O2. The van der Waals surface area contributed by atoms with E-state index in [9.17, 15) is 9.90 Å². The average molecular weight is 248 g/mol. The number of hydrogen-bond acceptors (Lipinski definition) is 3. The number of nitrogen functional groups attached to an aromatic ring is 1. The number of nitrogens with two attached hydrogens (primary N) is 1. The van der Waals surface area contributed by atoms with Crippen molar-refractivity contribution in [3.05, 3.63) is 23.8 Å². The number of likely N-dealkylation sites (tertiary alicyclic amines) is 1. The molecule has 0 aromatic heterocycles. The van der Waals surface area contributed by atoms with E-state index in [2.05, 4.69) is 13.8 Å². The molecule has 0 radical (unpaired) electrons. The lowest BCUT2D eigenvalue weighted by Gasteiger charge is -2.36. The molecular weight excluding hydrogens is 228 g/mol. The predicted octanol–water partition coefficient (Wildman–Crippen LogP) is 2.24. The molecule has 2 unspecified atom stereocenters. The van der Waals surface area contributed by atoms with Crippen LogP contribution in [0.3, 0.4) is 0 Å². The van der Waals surface area contributed by atoms with E-state index in [0.717, 1.165) is 19.4 Å². The van der Waals surface area contributed by atoms with Gasteiger partial charge in [0.2, 0.25) is 0 Å². The number of piperidine rings is 1. The zero-order valence-electron chi connectivity index (χ0n) is 10.9. The van der Waals surface area contributed by atoms with Gasteiger partial charge in [-0.15, -0.1) is 0 Å². The summed E-state index contributed by atoms with van der Waals surface area (Å²) in [5.41, 5.74) is 6.18. The van der Waals surface area contributed by atoms with Crippen LogP contribution in [0.25, 0.3) is 0 Å². The summed E-state index contributed by atoms with van der Waals surface area (Å²) in [6.45, 7) is 5.00. The lowest BCUT2D eigenvalue weighted by molar-refractivity contribution is 0.0586. The Labute approximate surface area is 107 Å². The molecule has 3 N–H and O–H groups in total. The second-order valence-electron chi connectivity index (χ2n) is 5.22. The number of hydrogen-bond donors (Lipinski definition) is 2. The molecule has 1 aromatic carbocycles. The Hall–Kier alpha value is -1.71. The highest BCUT2D eigenvalue weighted by Gasteiger charge is 2.28. The monoisotopic (exact) mass is 248 g/mol. The van der Waals surface area contributed by atoms with E-state index in [1.165, 1.54) is 0 Å². The van der Waals surface area contributed by atoms with Gasteiger partial charge in [0.05, 0.1) is 11.3 Å². The Morgan fingerprint density at radius 2 is 2.17 bits per heavy atom. The van der Waals surface area contributed by atoms with Gasteiger partial charge in [-0.1, -0.05) is 13.0 Å². The van der Waals surface area contributed by atoms with Crippen molar-refractivity contribution in [1.82, 2.24) is 4.90 Å². The molecule has 4 heteroatoms. The van der Waals surface area contributed by atoms with Crippen LogP contribution in [0, 0.1) is 5.92 Å². The van der Waals surface area contributed by atoms with Gasteiger partial charge < -0.3 is 15.7 Å². The van der Waals surface area contributed by atoms with Gasteiger partial charge in [0.1, 0.15) is 0 Å². The Bertz CT molecular complexity index is 459. The third-order valence-electron chi connectivity index (χ3n) is 3.70. The molecule has 1 fully saturated rings. The minimum Gasteiger partial charge on any atom is -0.505 e. The number of amides is 1. The summed E-state index contributed by atoms with van der Waals surface area (Å²) < 4.78 is 0. The van der Waals surface area contributed by atoms with Gasteiger partial charge in [0.25, 0.3) is 5.91 Å². The molecule has 0 aliphatic carbocycles. The molecule has 1 heterocycles. The van der Waals surface area contributed by atoms with Crippen molar-refractivity contribution in [1.29, 1.82) is 0 Å². The van der Waals surface area contributed by atoms with Crippen LogP contribution < -0.4 is 5.73 Å². The Kier molecular flexibility index (Phi) is 3.45. The van der Waals surface area contributed by atoms with Gasteiger partial charge in [0.15, 0.2) is 5.75 Å². The van der Waals surface area contributed by atoms with Crippen molar-refractivity contribution in [2.75, 3.05) is 12.3 Å². The Morgan fingerprint density at radius 3 is 2.83 bits per heavy atom. The van der Waals surface area contributed by atoms with E-state index in [-0.39, 0.29) is 23.4 Å². The number of benzene rings is 1. The lowest BCUT2D eigenvalue weighted by Crippen LogP contribution is -2.44. The number of rotatable bonds is 1. The predicted molar refractivity (Wildman–Crippen MR) is 71.4 cm³/mol. The third kappa shape index (κ3) is 2.28. The fourth-order valence-corrected chi connectivity index (χ4v) is 2.60. The van der Waals surface area contributed by atoms with Crippen molar-refractivity contribution in [3.8, 4) is 5.75 Å². The second kappa shape index (κ2) is 4.88. The van der Waals surface area contributed by atoms with Crippen LogP contribution in [-0.4, -0.2) is 28.5 Å². The van der Waals surface area contributed by atoms with Crippen LogP contribution in [0.2, 0.25) is 0 Å². The average Bonchev–Trinajstić information content (AvgIpc) is 2.32. The highest BCUT2D eigenvalue weighted by molar-refractivity contribution is 5.98. The number of phenolic OH excluding ortho intramolecular Hbond substituents is 1. The van der Waals surface area contributed by atoms with Gasteiger partial charge in [-0.25, -0.2) is 0 Å². The van der Waals surface area contributed by atoms with Crippen LogP contribution in [0.5, 0.6) is 5.75 Å². The molecule has 4 nitrogen and oxygen atoms in total. The highest BCUT2D eigenvalue weighted by Crippen LogP contribution is 2.29. The van der Waals surface area contributed by atoms with Gasteiger partial charge in [0, 0.05) is 12.6 Å². The maximum Gasteiger partial charge on any atom is 0.257 e. The van der Waals surface area contributed by atoms with Crippen LogP contribution in [0.15, 0.2) is 18.2 Å². The van der Waals surface area contributed by atoms with E-state index < -0.39 is 0 Å². The molecule has 1 saturated heterocycles. The molecule has 1 aliphatic heterocycles. The topological polar surface area (TPSA) is 66.6 Å². The third-order valence-corrected chi connectivity index (χ3v) is 3.70. The molecule has 1 aliphatic rings. The minimum absolute atomic E-state index is 0.103. The van der Waals surface area contributed by atoms with Crippen LogP contribution in [-0.2, 0) is 0 Å². The first-order valence-corrected chi connectivity index (χ1v) is 6.39. The van der Waals surface area contributed by atoms with E-state index in [1.807, 2.05) is 4.90 Å². The number of anilines is 1. The summed E-state index contributed by atoms with van der Waals surface area (Å²) in [6.07, 6.45) is 2.02. The van der Waals surface area contributed by atoms with Crippen molar-refractivity contribution in [2.24, 2.45) is 5.92 Å². The summed E-state index contributed by atoms with van der Waals surface area (Å²) >= 11 is 0. The zero-order valence-corrected chi connectivity index (χ0v) is 10.9. The molecule has 18 heavy (non-hydrogen) atoms. The molecule has 2 atom stereocenters. The quantitative estimate of drug-likeness (QED) is 0.591. The van der Waals surface area contributed by atoms with Gasteiger partial charge in [-0.05, 0) is 37.8 Å². The number of nitrogens with zero attached hydrogens (tertiary/aromatic N) is 1. The lowest BCUT2D eigenvalue weighted by atomic mass is 9.93. The molecule has 0 saturated carbocycles. The maximum atomic E-state index is 12.4. The normalized spacial score (nSPS) is 24.0. The SMILES string of the molecule is CC1CCN(C(=O)c2cccc(N)c2O)C(C)C1. The Morgan fingerprint density at radius 1 is 1.44 bits per heavy atom. The van der Waals surface area contributed by atoms with Crippen molar-refractivity contribution in [3.63, 3.8) is 0 Å². The zero-order chi connectivity index (χ0) is 13.3. The minimum atomic E-state index is -0.126. The number of para-hydroxylation sites is 1. The summed E-state index contributed by atoms with van der Waals surface area (Å²) in [6, 6.07) is 5.12. The molecule has 0 spiro atoms. The van der Waals surface area contributed by atoms with Gasteiger partial charge in [-0.2, -0.15) is 0 Å². The summed E-state index contributed by atoms with van der Waals surface area (Å²) in [5, 5.41) is 9.86. The molecule has 0 bridgehead atoms. The number of carbonyl (C=O) groups is 1. The highest BCUT2D eigenvalue weighted by atomic mass is 16.3. The Balaban J connectivity index is 2.23. The van der Waals surface area contributed by atoms with Crippen LogP contribution in [0.1, 0.15) is 37.0 Å². The van der Waals surface area contributed by atoms with E-state index >= 15 is 0 Å². The van der Waals surface area contributed by atoms with Gasteiger partial charge >= 0.3 is 0 Å². The maximum absolute atomic E-state index is 12.4. The smallest absolute Gasteiger partial charge is 0.257 e. The molecule has 2 rings (SSSR count). The van der Waals surface area contributed by atoms with Crippen LogP contribution in [0.4, 0.5) is 5.69 Å².